The normalized spacial score (nSPS) is 11.6. The second-order valence-electron chi connectivity index (χ2n) is 5.39. The van der Waals surface area contributed by atoms with Crippen LogP contribution in [-0.4, -0.2) is 36.0 Å². The molecule has 0 fully saturated rings. The Kier molecular flexibility index (Phi) is 7.39. The number of nitrogens with one attached hydrogen (secondary N) is 1. The second kappa shape index (κ2) is 7.66. The first kappa shape index (κ1) is 15.4. The molecule has 0 saturated heterocycles. The average molecular weight is 228 g/mol. The number of carbonyl (C=O) groups excluding carboxylic acids is 1. The Bertz CT molecular complexity index is 197. The van der Waals surface area contributed by atoms with Crippen molar-refractivity contribution in [2.75, 3.05) is 19.6 Å². The highest BCUT2D eigenvalue weighted by Crippen LogP contribution is 2.00. The van der Waals surface area contributed by atoms with Crippen LogP contribution in [0.3, 0.4) is 0 Å². The van der Waals surface area contributed by atoms with Crippen LogP contribution >= 0.6 is 0 Å². The minimum Gasteiger partial charge on any atom is -0.343 e. The van der Waals surface area contributed by atoms with Crippen molar-refractivity contribution in [3.63, 3.8) is 0 Å². The fourth-order valence-electron chi connectivity index (χ4n) is 1.51. The van der Waals surface area contributed by atoms with Crippen LogP contribution < -0.4 is 5.32 Å². The third-order valence-corrected chi connectivity index (χ3v) is 2.49. The number of hydrogen-bond acceptors (Lipinski definition) is 2. The van der Waals surface area contributed by atoms with Gasteiger partial charge in [-0.1, -0.05) is 13.3 Å². The molecule has 0 aromatic rings. The van der Waals surface area contributed by atoms with Gasteiger partial charge in [0.15, 0.2) is 0 Å². The summed E-state index contributed by atoms with van der Waals surface area (Å²) in [6, 6.07) is 0. The van der Waals surface area contributed by atoms with Gasteiger partial charge in [-0.25, -0.2) is 0 Å². The summed E-state index contributed by atoms with van der Waals surface area (Å²) in [5.41, 5.74) is 0.171. The van der Waals surface area contributed by atoms with E-state index >= 15 is 0 Å². The zero-order valence-electron chi connectivity index (χ0n) is 11.6. The Balaban J connectivity index is 3.72. The zero-order valence-corrected chi connectivity index (χ0v) is 11.6. The van der Waals surface area contributed by atoms with Crippen molar-refractivity contribution < 1.29 is 4.79 Å². The predicted octanol–water partition coefficient (Wildman–Crippen LogP) is 2.41. The van der Waals surface area contributed by atoms with Crippen molar-refractivity contribution in [2.45, 2.75) is 59.4 Å². The van der Waals surface area contributed by atoms with E-state index in [2.05, 4.69) is 33.0 Å². The van der Waals surface area contributed by atoms with E-state index in [4.69, 9.17) is 0 Å². The van der Waals surface area contributed by atoms with Gasteiger partial charge in [-0.05, 0) is 40.2 Å². The maximum atomic E-state index is 11.3. The summed E-state index contributed by atoms with van der Waals surface area (Å²) < 4.78 is 0. The van der Waals surface area contributed by atoms with Crippen molar-refractivity contribution in [3.8, 4) is 0 Å². The molecule has 0 rings (SSSR count). The van der Waals surface area contributed by atoms with Gasteiger partial charge >= 0.3 is 0 Å². The summed E-state index contributed by atoms with van der Waals surface area (Å²) in [4.78, 5) is 13.3. The third-order valence-electron chi connectivity index (χ3n) is 2.49. The molecule has 0 aromatic carbocycles. The van der Waals surface area contributed by atoms with Gasteiger partial charge in [0.05, 0.1) is 0 Å². The van der Waals surface area contributed by atoms with Crippen molar-refractivity contribution in [1.82, 2.24) is 10.2 Å². The van der Waals surface area contributed by atoms with Gasteiger partial charge in [-0.3, -0.25) is 4.79 Å². The van der Waals surface area contributed by atoms with Gasteiger partial charge in [0, 0.05) is 25.6 Å². The molecule has 0 spiro atoms. The number of unbranched alkanes of at least 4 members (excludes halogenated alkanes) is 1. The van der Waals surface area contributed by atoms with Gasteiger partial charge < -0.3 is 10.2 Å². The molecule has 1 N–H and O–H groups in total. The topological polar surface area (TPSA) is 32.3 Å². The van der Waals surface area contributed by atoms with Crippen LogP contribution in [-0.2, 0) is 4.79 Å². The largest absolute Gasteiger partial charge is 0.343 e. The lowest BCUT2D eigenvalue weighted by Gasteiger charge is -2.24. The Morgan fingerprint density at radius 2 is 1.75 bits per heavy atom. The molecule has 1 amide bonds. The van der Waals surface area contributed by atoms with Crippen LogP contribution in [0.25, 0.3) is 0 Å². The summed E-state index contributed by atoms with van der Waals surface area (Å²) in [6.45, 7) is 13.0. The quantitative estimate of drug-likeness (QED) is 0.679. The highest BCUT2D eigenvalue weighted by Gasteiger charge is 2.10. The van der Waals surface area contributed by atoms with Crippen LogP contribution in [0.5, 0.6) is 0 Å². The van der Waals surface area contributed by atoms with E-state index in [1.165, 1.54) is 0 Å². The zero-order chi connectivity index (χ0) is 12.6. The lowest BCUT2D eigenvalue weighted by Crippen LogP contribution is -2.38. The van der Waals surface area contributed by atoms with Gasteiger partial charge in [-0.2, -0.15) is 0 Å². The maximum Gasteiger partial charge on any atom is 0.219 e. The first-order chi connectivity index (χ1) is 7.37. The Morgan fingerprint density at radius 1 is 1.19 bits per heavy atom. The fraction of sp³-hybridized carbons (Fsp3) is 0.923. The standard InChI is InChI=1S/C13H28N2O/c1-6-7-10-15(12(2)16)11-8-9-14-13(3,4)5/h14H,6-11H2,1-5H3. The minimum atomic E-state index is 0.171. The predicted molar refractivity (Wildman–Crippen MR) is 69.5 cm³/mol. The van der Waals surface area contributed by atoms with Gasteiger partial charge in [0.25, 0.3) is 0 Å². The molecule has 0 unspecified atom stereocenters. The monoisotopic (exact) mass is 228 g/mol. The molecular formula is C13H28N2O. The number of rotatable bonds is 7. The van der Waals surface area contributed by atoms with Crippen molar-refractivity contribution in [1.29, 1.82) is 0 Å². The van der Waals surface area contributed by atoms with Crippen LogP contribution in [0, 0.1) is 0 Å². The van der Waals surface area contributed by atoms with Gasteiger partial charge in [0.2, 0.25) is 5.91 Å². The molecular weight excluding hydrogens is 200 g/mol. The first-order valence-electron chi connectivity index (χ1n) is 6.37. The molecule has 96 valence electrons. The van der Waals surface area contributed by atoms with E-state index in [0.29, 0.717) is 0 Å². The van der Waals surface area contributed by atoms with E-state index in [9.17, 15) is 4.79 Å². The van der Waals surface area contributed by atoms with E-state index in [0.717, 1.165) is 38.9 Å². The third kappa shape index (κ3) is 8.72. The van der Waals surface area contributed by atoms with Crippen molar-refractivity contribution in [2.24, 2.45) is 0 Å². The number of amides is 1. The van der Waals surface area contributed by atoms with Crippen molar-refractivity contribution in [3.05, 3.63) is 0 Å². The minimum absolute atomic E-state index is 0.171. The molecule has 0 radical (unpaired) electrons. The highest BCUT2D eigenvalue weighted by atomic mass is 16.2. The highest BCUT2D eigenvalue weighted by molar-refractivity contribution is 5.73. The molecule has 0 aliphatic carbocycles. The van der Waals surface area contributed by atoms with Crippen LogP contribution in [0.4, 0.5) is 0 Å². The molecule has 16 heavy (non-hydrogen) atoms. The van der Waals surface area contributed by atoms with E-state index in [1.54, 1.807) is 6.92 Å². The SMILES string of the molecule is CCCCN(CCCNC(C)(C)C)C(C)=O. The molecule has 0 aliphatic heterocycles. The summed E-state index contributed by atoms with van der Waals surface area (Å²) in [7, 11) is 0. The Morgan fingerprint density at radius 3 is 2.19 bits per heavy atom. The maximum absolute atomic E-state index is 11.3. The molecule has 3 nitrogen and oxygen atoms in total. The lowest BCUT2D eigenvalue weighted by molar-refractivity contribution is -0.129. The summed E-state index contributed by atoms with van der Waals surface area (Å²) in [5.74, 6) is 0.198. The molecule has 0 saturated carbocycles. The molecule has 0 heterocycles. The van der Waals surface area contributed by atoms with Crippen LogP contribution in [0.1, 0.15) is 53.9 Å². The van der Waals surface area contributed by atoms with Crippen LogP contribution in [0.2, 0.25) is 0 Å². The van der Waals surface area contributed by atoms with E-state index in [-0.39, 0.29) is 11.4 Å². The van der Waals surface area contributed by atoms with E-state index in [1.807, 2.05) is 4.90 Å². The summed E-state index contributed by atoms with van der Waals surface area (Å²) in [6.07, 6.45) is 3.27. The smallest absolute Gasteiger partial charge is 0.219 e. The second-order valence-corrected chi connectivity index (χ2v) is 5.39. The van der Waals surface area contributed by atoms with Gasteiger partial charge in [0.1, 0.15) is 0 Å². The molecule has 0 bridgehead atoms. The molecule has 0 aromatic heterocycles. The number of nitrogens with zero attached hydrogens (tertiary/aromatic N) is 1. The Hall–Kier alpha value is -0.570. The molecule has 0 aliphatic rings. The molecule has 3 heteroatoms. The summed E-state index contributed by atoms with van der Waals surface area (Å²) in [5, 5.41) is 3.43. The molecule has 0 atom stereocenters. The van der Waals surface area contributed by atoms with Crippen molar-refractivity contribution >= 4 is 5.91 Å². The number of hydrogen-bond donors (Lipinski definition) is 1. The average Bonchev–Trinajstić information content (AvgIpc) is 2.14. The first-order valence-corrected chi connectivity index (χ1v) is 6.37. The number of carbonyl (C=O) groups is 1. The van der Waals surface area contributed by atoms with Gasteiger partial charge in [-0.15, -0.1) is 0 Å². The Labute approximate surface area is 101 Å². The fourth-order valence-corrected chi connectivity index (χ4v) is 1.51. The lowest BCUT2D eigenvalue weighted by atomic mass is 10.1. The summed E-state index contributed by atoms with van der Waals surface area (Å²) >= 11 is 0. The van der Waals surface area contributed by atoms with Crippen LogP contribution in [0.15, 0.2) is 0 Å². The van der Waals surface area contributed by atoms with E-state index < -0.39 is 0 Å².